The monoisotopic (exact) mass is 421 g/mol. The number of carbonyl (C=O) groups is 1. The number of anilines is 2. The zero-order valence-corrected chi connectivity index (χ0v) is 17.5. The maximum atomic E-state index is 13.4. The lowest BCUT2D eigenvalue weighted by Gasteiger charge is -2.34. The average molecular weight is 421 g/mol. The maximum absolute atomic E-state index is 13.4. The first kappa shape index (κ1) is 20.3. The van der Waals surface area contributed by atoms with Crippen LogP contribution in [0.4, 0.5) is 11.6 Å². The van der Waals surface area contributed by atoms with Gasteiger partial charge in [0, 0.05) is 16.9 Å². The fraction of sp³-hybridized carbons (Fsp3) is 0.227. The molecule has 2 heterocycles. The first-order valence-corrected chi connectivity index (χ1v) is 9.58. The lowest BCUT2D eigenvalue weighted by molar-refractivity contribution is -0.119. The minimum absolute atomic E-state index is 0.251. The number of methoxy groups -OCH3 is 3. The smallest absolute Gasteiger partial charge is 0.235 e. The van der Waals surface area contributed by atoms with E-state index in [0.29, 0.717) is 34.6 Å². The van der Waals surface area contributed by atoms with E-state index in [9.17, 15) is 4.79 Å². The van der Waals surface area contributed by atoms with Gasteiger partial charge in [0.2, 0.25) is 11.9 Å². The lowest BCUT2D eigenvalue weighted by atomic mass is 9.87. The average Bonchev–Trinajstić information content (AvgIpc) is 3.25. The highest BCUT2D eigenvalue weighted by molar-refractivity contribution is 5.96. The second-order valence-corrected chi connectivity index (χ2v) is 6.90. The molecule has 9 heteroatoms. The Hall–Kier alpha value is -4.01. The Labute approximate surface area is 179 Å². The highest BCUT2D eigenvalue weighted by atomic mass is 16.5. The van der Waals surface area contributed by atoms with E-state index >= 15 is 0 Å². The van der Waals surface area contributed by atoms with Crippen LogP contribution < -0.4 is 24.8 Å². The summed E-state index contributed by atoms with van der Waals surface area (Å²) >= 11 is 0. The molecule has 1 amide bonds. The van der Waals surface area contributed by atoms with Gasteiger partial charge in [-0.15, -0.1) is 0 Å². The molecule has 160 valence electrons. The number of hydrogen-bond donors (Lipinski definition) is 2. The van der Waals surface area contributed by atoms with E-state index in [1.54, 1.807) is 56.3 Å². The number of nitrogens with zero attached hydrogens (tertiary/aromatic N) is 3. The summed E-state index contributed by atoms with van der Waals surface area (Å²) in [7, 11) is 4.72. The van der Waals surface area contributed by atoms with Crippen molar-refractivity contribution in [2.45, 2.75) is 6.04 Å². The van der Waals surface area contributed by atoms with E-state index in [-0.39, 0.29) is 5.91 Å². The van der Waals surface area contributed by atoms with Crippen molar-refractivity contribution in [3.8, 4) is 17.2 Å². The third kappa shape index (κ3) is 3.65. The Bertz CT molecular complexity index is 1110. The zero-order valence-electron chi connectivity index (χ0n) is 17.5. The lowest BCUT2D eigenvalue weighted by Crippen LogP contribution is -2.39. The molecule has 2 atom stereocenters. The van der Waals surface area contributed by atoms with E-state index in [4.69, 9.17) is 14.2 Å². The van der Waals surface area contributed by atoms with Crippen molar-refractivity contribution < 1.29 is 19.0 Å². The Morgan fingerprint density at radius 1 is 1.10 bits per heavy atom. The Balaban J connectivity index is 1.76. The number of aromatic nitrogens is 3. The first-order chi connectivity index (χ1) is 15.1. The second kappa shape index (κ2) is 8.39. The van der Waals surface area contributed by atoms with Gasteiger partial charge in [-0.05, 0) is 30.3 Å². The largest absolute Gasteiger partial charge is 0.497 e. The number of ether oxygens (including phenoxy) is 3. The fourth-order valence-corrected chi connectivity index (χ4v) is 3.75. The van der Waals surface area contributed by atoms with Crippen molar-refractivity contribution in [1.29, 1.82) is 0 Å². The number of benzene rings is 2. The molecule has 2 unspecified atom stereocenters. The molecule has 2 N–H and O–H groups in total. The summed E-state index contributed by atoms with van der Waals surface area (Å²) in [6, 6.07) is 12.1. The van der Waals surface area contributed by atoms with Crippen LogP contribution in [0.15, 0.2) is 61.1 Å². The Morgan fingerprint density at radius 2 is 1.87 bits per heavy atom. The predicted molar refractivity (Wildman–Crippen MR) is 116 cm³/mol. The van der Waals surface area contributed by atoms with Crippen LogP contribution >= 0.6 is 0 Å². The Morgan fingerprint density at radius 3 is 2.55 bits per heavy atom. The molecule has 0 spiro atoms. The number of para-hydroxylation sites is 1. The van der Waals surface area contributed by atoms with Crippen molar-refractivity contribution in [1.82, 2.24) is 14.8 Å². The van der Waals surface area contributed by atoms with Gasteiger partial charge in [0.05, 0.1) is 21.3 Å². The summed E-state index contributed by atoms with van der Waals surface area (Å²) in [5, 5.41) is 10.4. The summed E-state index contributed by atoms with van der Waals surface area (Å²) in [6.07, 6.45) is 1.43. The Kier molecular flexibility index (Phi) is 5.48. The van der Waals surface area contributed by atoms with Crippen molar-refractivity contribution in [2.24, 2.45) is 5.92 Å². The van der Waals surface area contributed by atoms with E-state index in [1.807, 2.05) is 12.1 Å². The SMILES string of the molecule is C=C1Nc2ncnn2C(c2cccc(OC)c2OC)C1C(=O)Nc1ccc(OC)cc1. The molecule has 4 rings (SSSR count). The van der Waals surface area contributed by atoms with Gasteiger partial charge in [-0.2, -0.15) is 10.1 Å². The van der Waals surface area contributed by atoms with E-state index < -0.39 is 12.0 Å². The minimum Gasteiger partial charge on any atom is -0.497 e. The molecule has 0 saturated heterocycles. The topological polar surface area (TPSA) is 99.5 Å². The van der Waals surface area contributed by atoms with Crippen molar-refractivity contribution in [3.05, 3.63) is 66.6 Å². The number of hydrogen-bond acceptors (Lipinski definition) is 7. The zero-order chi connectivity index (χ0) is 22.0. The molecule has 0 bridgehead atoms. The molecule has 1 aromatic heterocycles. The number of carbonyl (C=O) groups excluding carboxylic acids is 1. The number of amides is 1. The van der Waals surface area contributed by atoms with Crippen LogP contribution in [0.1, 0.15) is 11.6 Å². The van der Waals surface area contributed by atoms with Crippen LogP contribution in [0.5, 0.6) is 17.2 Å². The standard InChI is InChI=1S/C22H23N5O4/c1-13-18(21(28)26-14-8-10-15(29-2)11-9-14)19(27-22(25-13)23-12-24-27)16-6-5-7-17(30-3)20(16)31-4/h5-12,18-19H,1H2,2-4H3,(H,26,28)(H,23,24,25). The van der Waals surface area contributed by atoms with E-state index in [1.165, 1.54) is 6.33 Å². The van der Waals surface area contributed by atoms with Crippen LogP contribution in [0.3, 0.4) is 0 Å². The van der Waals surface area contributed by atoms with Gasteiger partial charge in [-0.3, -0.25) is 4.79 Å². The highest BCUT2D eigenvalue weighted by Gasteiger charge is 2.41. The second-order valence-electron chi connectivity index (χ2n) is 6.90. The van der Waals surface area contributed by atoms with Gasteiger partial charge in [0.1, 0.15) is 24.0 Å². The first-order valence-electron chi connectivity index (χ1n) is 9.58. The third-order valence-electron chi connectivity index (χ3n) is 5.19. The van der Waals surface area contributed by atoms with Crippen LogP contribution in [0.25, 0.3) is 0 Å². The summed E-state index contributed by atoms with van der Waals surface area (Å²) in [5.74, 6) is 1.32. The molecule has 1 aliphatic rings. The van der Waals surface area contributed by atoms with Crippen LogP contribution in [-0.2, 0) is 4.79 Å². The summed E-state index contributed by atoms with van der Waals surface area (Å²) in [5.41, 5.74) is 1.87. The molecule has 0 saturated carbocycles. The fourth-order valence-electron chi connectivity index (χ4n) is 3.75. The van der Waals surface area contributed by atoms with Gasteiger partial charge in [0.15, 0.2) is 11.5 Å². The van der Waals surface area contributed by atoms with E-state index in [0.717, 1.165) is 5.56 Å². The minimum atomic E-state index is -0.697. The molecule has 31 heavy (non-hydrogen) atoms. The number of fused-ring (bicyclic) bond motifs is 1. The van der Waals surface area contributed by atoms with Gasteiger partial charge in [0.25, 0.3) is 0 Å². The van der Waals surface area contributed by atoms with Gasteiger partial charge < -0.3 is 24.8 Å². The van der Waals surface area contributed by atoms with Crippen molar-refractivity contribution in [3.63, 3.8) is 0 Å². The number of nitrogens with one attached hydrogen (secondary N) is 2. The summed E-state index contributed by atoms with van der Waals surface area (Å²) in [6.45, 7) is 4.09. The van der Waals surface area contributed by atoms with Crippen molar-refractivity contribution in [2.75, 3.05) is 32.0 Å². The third-order valence-corrected chi connectivity index (χ3v) is 5.19. The summed E-state index contributed by atoms with van der Waals surface area (Å²) in [4.78, 5) is 17.7. The predicted octanol–water partition coefficient (Wildman–Crippen LogP) is 3.09. The van der Waals surface area contributed by atoms with E-state index in [2.05, 4.69) is 27.3 Å². The van der Waals surface area contributed by atoms with Crippen LogP contribution in [-0.4, -0.2) is 42.0 Å². The molecular formula is C22H23N5O4. The normalized spacial score (nSPS) is 17.3. The van der Waals surface area contributed by atoms with Crippen LogP contribution in [0, 0.1) is 5.92 Å². The molecule has 3 aromatic rings. The van der Waals surface area contributed by atoms with Gasteiger partial charge in [-0.25, -0.2) is 4.68 Å². The molecular weight excluding hydrogens is 398 g/mol. The highest BCUT2D eigenvalue weighted by Crippen LogP contribution is 2.44. The summed E-state index contributed by atoms with van der Waals surface area (Å²) < 4.78 is 17.9. The maximum Gasteiger partial charge on any atom is 0.235 e. The number of rotatable bonds is 6. The van der Waals surface area contributed by atoms with Crippen molar-refractivity contribution >= 4 is 17.5 Å². The molecule has 0 radical (unpaired) electrons. The van der Waals surface area contributed by atoms with Crippen LogP contribution in [0.2, 0.25) is 0 Å². The molecule has 0 aliphatic carbocycles. The molecule has 0 fully saturated rings. The quantitative estimate of drug-likeness (QED) is 0.631. The van der Waals surface area contributed by atoms with Gasteiger partial charge >= 0.3 is 0 Å². The molecule has 9 nitrogen and oxygen atoms in total. The van der Waals surface area contributed by atoms with Gasteiger partial charge in [-0.1, -0.05) is 18.7 Å². The molecule has 1 aliphatic heterocycles. The molecule has 2 aromatic carbocycles.